The Labute approximate surface area is 119 Å². The predicted octanol–water partition coefficient (Wildman–Crippen LogP) is 1.41. The van der Waals surface area contributed by atoms with E-state index >= 15 is 0 Å². The van der Waals surface area contributed by atoms with E-state index in [2.05, 4.69) is 10.3 Å². The highest BCUT2D eigenvalue weighted by atomic mass is 16.2. The highest BCUT2D eigenvalue weighted by Gasteiger charge is 2.43. The van der Waals surface area contributed by atoms with Gasteiger partial charge < -0.3 is 10.2 Å². The van der Waals surface area contributed by atoms with E-state index in [4.69, 9.17) is 0 Å². The number of nitrogens with zero attached hydrogens (tertiary/aromatic N) is 2. The van der Waals surface area contributed by atoms with Crippen LogP contribution in [0.2, 0.25) is 0 Å². The van der Waals surface area contributed by atoms with E-state index in [0.717, 1.165) is 11.3 Å². The van der Waals surface area contributed by atoms with Crippen molar-refractivity contribution in [1.29, 1.82) is 0 Å². The van der Waals surface area contributed by atoms with Gasteiger partial charge in [-0.15, -0.1) is 0 Å². The van der Waals surface area contributed by atoms with Gasteiger partial charge in [0.2, 0.25) is 11.8 Å². The van der Waals surface area contributed by atoms with Crippen LogP contribution in [0.3, 0.4) is 0 Å². The number of amides is 2. The Kier molecular flexibility index (Phi) is 4.06. The number of carbonyl (C=O) groups is 2. The van der Waals surface area contributed by atoms with Gasteiger partial charge in [0.15, 0.2) is 0 Å². The number of pyridine rings is 1. The maximum absolute atomic E-state index is 12.7. The topological polar surface area (TPSA) is 62.3 Å². The molecule has 0 aromatic carbocycles. The number of hydrogen-bond donors (Lipinski definition) is 1. The largest absolute Gasteiger partial charge is 0.340 e. The number of nitrogens with one attached hydrogen (secondary N) is 1. The summed E-state index contributed by atoms with van der Waals surface area (Å²) in [6, 6.07) is 3.83. The molecular weight excluding hydrogens is 254 g/mol. The minimum absolute atomic E-state index is 0.00727. The number of aromatic nitrogens is 1. The third kappa shape index (κ3) is 2.53. The summed E-state index contributed by atoms with van der Waals surface area (Å²) >= 11 is 0. The summed E-state index contributed by atoms with van der Waals surface area (Å²) in [7, 11) is 0. The van der Waals surface area contributed by atoms with Crippen LogP contribution < -0.4 is 5.32 Å². The number of aryl methyl sites for hydroxylation is 1. The molecule has 0 aliphatic carbocycles. The maximum Gasteiger partial charge on any atom is 0.249 e. The standard InChI is InChI=1S/C15H21N3O2/c1-4-15(5-2)14(20)18(10-13(19)17-15)9-12-11(3)7-6-8-16-12/h6-8H,4-5,9-10H2,1-3H3,(H,17,19). The van der Waals surface area contributed by atoms with E-state index in [0.29, 0.717) is 19.4 Å². The number of hydrogen-bond acceptors (Lipinski definition) is 3. The van der Waals surface area contributed by atoms with Gasteiger partial charge in [-0.05, 0) is 31.4 Å². The molecule has 0 bridgehead atoms. The lowest BCUT2D eigenvalue weighted by atomic mass is 9.89. The molecule has 0 radical (unpaired) electrons. The van der Waals surface area contributed by atoms with Crippen molar-refractivity contribution in [2.24, 2.45) is 0 Å². The molecule has 1 aromatic rings. The Morgan fingerprint density at radius 2 is 2.05 bits per heavy atom. The van der Waals surface area contributed by atoms with Crippen LogP contribution in [-0.4, -0.2) is 33.8 Å². The Balaban J connectivity index is 2.25. The number of rotatable bonds is 4. The molecule has 2 amide bonds. The third-order valence-corrected chi connectivity index (χ3v) is 4.08. The molecular formula is C15H21N3O2. The van der Waals surface area contributed by atoms with Gasteiger partial charge >= 0.3 is 0 Å². The van der Waals surface area contributed by atoms with Crippen molar-refractivity contribution in [3.63, 3.8) is 0 Å². The molecule has 108 valence electrons. The molecule has 1 saturated heterocycles. The summed E-state index contributed by atoms with van der Waals surface area (Å²) in [6.45, 7) is 6.31. The van der Waals surface area contributed by atoms with Crippen molar-refractivity contribution in [1.82, 2.24) is 15.2 Å². The first kappa shape index (κ1) is 14.5. The molecule has 1 fully saturated rings. The van der Waals surface area contributed by atoms with Crippen LogP contribution in [0.15, 0.2) is 18.3 Å². The van der Waals surface area contributed by atoms with Crippen LogP contribution in [-0.2, 0) is 16.1 Å². The fraction of sp³-hybridized carbons (Fsp3) is 0.533. The summed E-state index contributed by atoms with van der Waals surface area (Å²) in [5, 5.41) is 2.86. The average molecular weight is 275 g/mol. The molecule has 0 spiro atoms. The van der Waals surface area contributed by atoms with E-state index in [-0.39, 0.29) is 18.4 Å². The lowest BCUT2D eigenvalue weighted by Crippen LogP contribution is -2.65. The van der Waals surface area contributed by atoms with Gasteiger partial charge in [-0.25, -0.2) is 0 Å². The molecule has 2 rings (SSSR count). The minimum atomic E-state index is -0.752. The van der Waals surface area contributed by atoms with Gasteiger partial charge in [0.05, 0.1) is 12.2 Å². The van der Waals surface area contributed by atoms with Gasteiger partial charge in [0.1, 0.15) is 12.1 Å². The zero-order valence-electron chi connectivity index (χ0n) is 12.3. The van der Waals surface area contributed by atoms with E-state index in [1.165, 1.54) is 0 Å². The first-order chi connectivity index (χ1) is 9.52. The van der Waals surface area contributed by atoms with Crippen molar-refractivity contribution < 1.29 is 9.59 Å². The van der Waals surface area contributed by atoms with E-state index in [9.17, 15) is 9.59 Å². The van der Waals surface area contributed by atoms with Crippen molar-refractivity contribution in [3.8, 4) is 0 Å². The molecule has 1 N–H and O–H groups in total. The van der Waals surface area contributed by atoms with Crippen molar-refractivity contribution in [2.75, 3.05) is 6.54 Å². The Bertz CT molecular complexity index is 524. The van der Waals surface area contributed by atoms with Crippen LogP contribution in [0.4, 0.5) is 0 Å². The summed E-state index contributed by atoms with van der Waals surface area (Å²) in [5.41, 5.74) is 1.12. The average Bonchev–Trinajstić information content (AvgIpc) is 2.45. The quantitative estimate of drug-likeness (QED) is 0.903. The summed E-state index contributed by atoms with van der Waals surface area (Å²) in [4.78, 5) is 30.5. The maximum atomic E-state index is 12.7. The van der Waals surface area contributed by atoms with Gasteiger partial charge in [-0.1, -0.05) is 19.9 Å². The Morgan fingerprint density at radius 1 is 1.35 bits per heavy atom. The van der Waals surface area contributed by atoms with Crippen LogP contribution in [0.1, 0.15) is 37.9 Å². The second-order valence-electron chi connectivity index (χ2n) is 5.27. The zero-order valence-corrected chi connectivity index (χ0v) is 12.3. The summed E-state index contributed by atoms with van der Waals surface area (Å²) < 4.78 is 0. The highest BCUT2D eigenvalue weighted by molar-refractivity contribution is 5.97. The van der Waals surface area contributed by atoms with Gasteiger partial charge in [-0.3, -0.25) is 14.6 Å². The van der Waals surface area contributed by atoms with Crippen LogP contribution in [0, 0.1) is 6.92 Å². The fourth-order valence-corrected chi connectivity index (χ4v) is 2.63. The lowest BCUT2D eigenvalue weighted by Gasteiger charge is -2.41. The molecule has 1 aromatic heterocycles. The van der Waals surface area contributed by atoms with Crippen molar-refractivity contribution in [2.45, 2.75) is 45.7 Å². The van der Waals surface area contributed by atoms with E-state index in [1.807, 2.05) is 32.9 Å². The molecule has 1 aliphatic rings. The first-order valence-corrected chi connectivity index (χ1v) is 7.03. The highest BCUT2D eigenvalue weighted by Crippen LogP contribution is 2.23. The molecule has 1 aliphatic heterocycles. The molecule has 0 unspecified atom stereocenters. The minimum Gasteiger partial charge on any atom is -0.340 e. The molecule has 0 atom stereocenters. The molecule has 5 heteroatoms. The van der Waals surface area contributed by atoms with Gasteiger partial charge in [0, 0.05) is 6.20 Å². The van der Waals surface area contributed by atoms with Crippen molar-refractivity contribution >= 4 is 11.8 Å². The first-order valence-electron chi connectivity index (χ1n) is 7.03. The molecule has 0 saturated carbocycles. The predicted molar refractivity (Wildman–Crippen MR) is 75.8 cm³/mol. The fourth-order valence-electron chi connectivity index (χ4n) is 2.63. The normalized spacial score (nSPS) is 18.1. The van der Waals surface area contributed by atoms with Crippen molar-refractivity contribution in [3.05, 3.63) is 29.6 Å². The third-order valence-electron chi connectivity index (χ3n) is 4.08. The van der Waals surface area contributed by atoms with Crippen LogP contribution in [0.25, 0.3) is 0 Å². The monoisotopic (exact) mass is 275 g/mol. The van der Waals surface area contributed by atoms with E-state index in [1.54, 1.807) is 11.1 Å². The SMILES string of the molecule is CCC1(CC)NC(=O)CN(Cc2ncccc2C)C1=O. The molecule has 2 heterocycles. The smallest absolute Gasteiger partial charge is 0.249 e. The Hall–Kier alpha value is -1.91. The second-order valence-corrected chi connectivity index (χ2v) is 5.27. The van der Waals surface area contributed by atoms with Crippen LogP contribution >= 0.6 is 0 Å². The van der Waals surface area contributed by atoms with Crippen LogP contribution in [0.5, 0.6) is 0 Å². The molecule has 20 heavy (non-hydrogen) atoms. The second kappa shape index (κ2) is 5.61. The van der Waals surface area contributed by atoms with Gasteiger partial charge in [0.25, 0.3) is 0 Å². The zero-order chi connectivity index (χ0) is 14.8. The number of piperazine rings is 1. The number of carbonyl (C=O) groups excluding carboxylic acids is 2. The Morgan fingerprint density at radius 3 is 2.65 bits per heavy atom. The van der Waals surface area contributed by atoms with E-state index < -0.39 is 5.54 Å². The summed E-state index contributed by atoms with van der Waals surface area (Å²) in [6.07, 6.45) is 2.92. The molecule has 5 nitrogen and oxygen atoms in total. The lowest BCUT2D eigenvalue weighted by molar-refractivity contribution is -0.151. The summed E-state index contributed by atoms with van der Waals surface area (Å²) in [5.74, 6) is -0.103. The van der Waals surface area contributed by atoms with Gasteiger partial charge in [-0.2, -0.15) is 0 Å².